The van der Waals surface area contributed by atoms with Crippen LogP contribution in [0.2, 0.25) is 0 Å². The summed E-state index contributed by atoms with van der Waals surface area (Å²) in [7, 11) is -1.86. The van der Waals surface area contributed by atoms with Crippen molar-refractivity contribution in [1.82, 2.24) is 4.72 Å². The van der Waals surface area contributed by atoms with E-state index in [0.29, 0.717) is 15.6 Å². The Morgan fingerprint density at radius 2 is 1.50 bits per heavy atom. The van der Waals surface area contributed by atoms with Gasteiger partial charge in [0.2, 0.25) is 5.60 Å². The molecule has 2 unspecified atom stereocenters. The molecule has 4 aromatic carbocycles. The number of halogens is 1. The van der Waals surface area contributed by atoms with Crippen molar-refractivity contribution in [2.75, 3.05) is 14.2 Å². The van der Waals surface area contributed by atoms with E-state index in [1.807, 2.05) is 37.3 Å². The fourth-order valence-electron chi connectivity index (χ4n) is 4.75. The zero-order chi connectivity index (χ0) is 31.7. The molecule has 0 heterocycles. The quantitative estimate of drug-likeness (QED) is 0.141. The predicted molar refractivity (Wildman–Crippen MR) is 170 cm³/mol. The van der Waals surface area contributed by atoms with E-state index in [2.05, 4.69) is 20.7 Å². The maximum absolute atomic E-state index is 14.1. The summed E-state index contributed by atoms with van der Waals surface area (Å²) < 4.78 is 47.0. The van der Waals surface area contributed by atoms with Crippen molar-refractivity contribution in [3.05, 3.63) is 148 Å². The number of benzene rings is 4. The third-order valence-corrected chi connectivity index (χ3v) is 8.84. The number of sulfonamides is 1. The van der Waals surface area contributed by atoms with Gasteiger partial charge in [-0.1, -0.05) is 106 Å². The van der Waals surface area contributed by atoms with Gasteiger partial charge in [0.15, 0.2) is 0 Å². The standard InChI is InChI=1S/C34H32BrNO7S/c1-24-17-19-29(20-18-24)44(39,40)36-31(32(37)41-2)22-30(26-13-10-16-28(35)21-26)34(33(38)42-3,27-14-8-5-9-15-27)43-23-25-11-6-4-7-12-25/h4-22,30,36H,23H2,1-3H3/b31-22-. The fourth-order valence-corrected chi connectivity index (χ4v) is 6.23. The number of ether oxygens (including phenoxy) is 3. The van der Waals surface area contributed by atoms with Crippen molar-refractivity contribution in [2.45, 2.75) is 29.9 Å². The summed E-state index contributed by atoms with van der Waals surface area (Å²) in [5.74, 6) is -2.82. The Morgan fingerprint density at radius 3 is 2.09 bits per heavy atom. The lowest BCUT2D eigenvalue weighted by atomic mass is 9.76. The molecule has 0 aromatic heterocycles. The van der Waals surface area contributed by atoms with Crippen LogP contribution in [-0.4, -0.2) is 34.6 Å². The molecule has 0 aliphatic heterocycles. The molecule has 2 atom stereocenters. The number of methoxy groups -OCH3 is 2. The van der Waals surface area contributed by atoms with E-state index in [1.54, 1.807) is 66.7 Å². The number of nitrogens with one attached hydrogen (secondary N) is 1. The minimum absolute atomic E-state index is 0.00811. The van der Waals surface area contributed by atoms with Crippen LogP contribution in [0.1, 0.15) is 28.2 Å². The Labute approximate surface area is 265 Å². The van der Waals surface area contributed by atoms with Crippen LogP contribution in [-0.2, 0) is 46.0 Å². The van der Waals surface area contributed by atoms with Crippen LogP contribution >= 0.6 is 15.9 Å². The normalized spacial score (nSPS) is 13.8. The van der Waals surface area contributed by atoms with E-state index in [9.17, 15) is 18.0 Å². The molecular weight excluding hydrogens is 646 g/mol. The number of carbonyl (C=O) groups is 2. The second-order valence-electron chi connectivity index (χ2n) is 9.89. The van der Waals surface area contributed by atoms with E-state index in [-0.39, 0.29) is 11.5 Å². The second kappa shape index (κ2) is 14.5. The van der Waals surface area contributed by atoms with E-state index in [4.69, 9.17) is 14.2 Å². The molecule has 0 saturated carbocycles. The van der Waals surface area contributed by atoms with E-state index in [0.717, 1.165) is 18.2 Å². The monoisotopic (exact) mass is 677 g/mol. The topological polar surface area (TPSA) is 108 Å². The summed E-state index contributed by atoms with van der Waals surface area (Å²) in [6.07, 6.45) is 1.34. The van der Waals surface area contributed by atoms with Crippen LogP contribution in [0.15, 0.2) is 130 Å². The maximum atomic E-state index is 14.1. The zero-order valence-electron chi connectivity index (χ0n) is 24.4. The minimum atomic E-state index is -4.24. The molecule has 44 heavy (non-hydrogen) atoms. The van der Waals surface area contributed by atoms with Gasteiger partial charge in [-0.2, -0.15) is 0 Å². The van der Waals surface area contributed by atoms with Gasteiger partial charge in [-0.05, 0) is 54.0 Å². The first-order chi connectivity index (χ1) is 21.1. The lowest BCUT2D eigenvalue weighted by Gasteiger charge is -2.38. The van der Waals surface area contributed by atoms with Crippen molar-refractivity contribution in [3.63, 3.8) is 0 Å². The van der Waals surface area contributed by atoms with Gasteiger partial charge in [-0.25, -0.2) is 18.0 Å². The van der Waals surface area contributed by atoms with Crippen LogP contribution in [0.3, 0.4) is 0 Å². The lowest BCUT2D eigenvalue weighted by Crippen LogP contribution is -2.45. The second-order valence-corrected chi connectivity index (χ2v) is 12.5. The zero-order valence-corrected chi connectivity index (χ0v) is 26.8. The Balaban J connectivity index is 1.99. The summed E-state index contributed by atoms with van der Waals surface area (Å²) >= 11 is 3.50. The first-order valence-electron chi connectivity index (χ1n) is 13.6. The molecule has 1 N–H and O–H groups in total. The van der Waals surface area contributed by atoms with Gasteiger partial charge in [-0.15, -0.1) is 0 Å². The molecule has 0 spiro atoms. The van der Waals surface area contributed by atoms with Gasteiger partial charge in [0.1, 0.15) is 5.70 Å². The molecule has 4 rings (SSSR count). The van der Waals surface area contributed by atoms with Gasteiger partial charge < -0.3 is 14.2 Å². The average molecular weight is 679 g/mol. The first kappa shape index (κ1) is 32.7. The highest BCUT2D eigenvalue weighted by Crippen LogP contribution is 2.44. The van der Waals surface area contributed by atoms with Crippen molar-refractivity contribution >= 4 is 37.9 Å². The Hall–Kier alpha value is -4.25. The van der Waals surface area contributed by atoms with Gasteiger partial charge in [-0.3, -0.25) is 4.72 Å². The van der Waals surface area contributed by atoms with Gasteiger partial charge in [0, 0.05) is 10.4 Å². The van der Waals surface area contributed by atoms with Crippen molar-refractivity contribution in [1.29, 1.82) is 0 Å². The SMILES string of the molecule is COC(=O)/C(=C/C(c1cccc(Br)c1)C(OCc1ccccc1)(C(=O)OC)c1ccccc1)NS(=O)(=O)c1ccc(C)cc1. The molecule has 228 valence electrons. The molecule has 0 amide bonds. The maximum Gasteiger partial charge on any atom is 0.354 e. The highest BCUT2D eigenvalue weighted by atomic mass is 79.9. The summed E-state index contributed by atoms with van der Waals surface area (Å²) in [6.45, 7) is 1.82. The summed E-state index contributed by atoms with van der Waals surface area (Å²) in [6, 6.07) is 31.2. The summed E-state index contributed by atoms with van der Waals surface area (Å²) in [4.78, 5) is 27.2. The van der Waals surface area contributed by atoms with Crippen molar-refractivity contribution < 1.29 is 32.2 Å². The number of carbonyl (C=O) groups excluding carboxylic acids is 2. The molecule has 0 bridgehead atoms. The third-order valence-electron chi connectivity index (χ3n) is 6.96. The molecule has 0 aliphatic rings. The molecule has 10 heteroatoms. The van der Waals surface area contributed by atoms with Crippen LogP contribution in [0, 0.1) is 6.92 Å². The molecule has 8 nitrogen and oxygen atoms in total. The van der Waals surface area contributed by atoms with E-state index < -0.39 is 39.2 Å². The fraction of sp³-hybridized carbons (Fsp3) is 0.176. The summed E-state index contributed by atoms with van der Waals surface area (Å²) in [5, 5.41) is 0. The van der Waals surface area contributed by atoms with Crippen molar-refractivity contribution in [2.24, 2.45) is 0 Å². The molecular formula is C34H32BrNO7S. The molecule has 0 aliphatic carbocycles. The van der Waals surface area contributed by atoms with Gasteiger partial charge in [0.05, 0.1) is 25.7 Å². The average Bonchev–Trinajstić information content (AvgIpc) is 3.04. The highest BCUT2D eigenvalue weighted by molar-refractivity contribution is 9.10. The predicted octanol–water partition coefficient (Wildman–Crippen LogP) is 6.16. The van der Waals surface area contributed by atoms with E-state index in [1.165, 1.54) is 25.3 Å². The van der Waals surface area contributed by atoms with Crippen LogP contribution in [0.4, 0.5) is 0 Å². The van der Waals surface area contributed by atoms with E-state index >= 15 is 0 Å². The molecule has 0 radical (unpaired) electrons. The van der Waals surface area contributed by atoms with Crippen LogP contribution in [0.5, 0.6) is 0 Å². The highest BCUT2D eigenvalue weighted by Gasteiger charge is 2.50. The lowest BCUT2D eigenvalue weighted by molar-refractivity contribution is -0.176. The number of aryl methyl sites for hydroxylation is 1. The molecule has 0 saturated heterocycles. The Bertz CT molecular complexity index is 1730. The van der Waals surface area contributed by atoms with Crippen molar-refractivity contribution in [3.8, 4) is 0 Å². The van der Waals surface area contributed by atoms with Crippen LogP contribution in [0.25, 0.3) is 0 Å². The number of hydrogen-bond acceptors (Lipinski definition) is 7. The minimum Gasteiger partial charge on any atom is -0.467 e. The largest absolute Gasteiger partial charge is 0.467 e. The number of rotatable bonds is 12. The first-order valence-corrected chi connectivity index (χ1v) is 15.8. The number of hydrogen-bond donors (Lipinski definition) is 1. The molecule has 0 fully saturated rings. The Kier molecular flexibility index (Phi) is 10.7. The Morgan fingerprint density at radius 1 is 0.864 bits per heavy atom. The van der Waals surface area contributed by atoms with Gasteiger partial charge in [0.25, 0.3) is 10.0 Å². The third kappa shape index (κ3) is 7.45. The smallest absolute Gasteiger partial charge is 0.354 e. The van der Waals surface area contributed by atoms with Gasteiger partial charge >= 0.3 is 11.9 Å². The molecule has 4 aromatic rings. The van der Waals surface area contributed by atoms with Crippen LogP contribution < -0.4 is 4.72 Å². The number of esters is 2. The summed E-state index contributed by atoms with van der Waals surface area (Å²) in [5.41, 5.74) is 0.296.